The molecule has 2 aromatic carbocycles. The highest BCUT2D eigenvalue weighted by Crippen LogP contribution is 2.26. The average Bonchev–Trinajstić information content (AvgIpc) is 2.48. The number of hydrogen-bond acceptors (Lipinski definition) is 2. The molecular formula is C17H21NO. The maximum absolute atomic E-state index is 7.22. The van der Waals surface area contributed by atoms with E-state index >= 15 is 0 Å². The summed E-state index contributed by atoms with van der Waals surface area (Å²) in [6.07, 6.45) is 0.397. The molecule has 0 bridgehead atoms. The molecule has 0 unspecified atom stereocenters. The first-order valence-corrected chi connectivity index (χ1v) is 6.48. The van der Waals surface area contributed by atoms with Crippen LogP contribution in [-0.2, 0) is 0 Å². The molecule has 0 fully saturated rings. The van der Waals surface area contributed by atoms with Crippen LogP contribution in [0.15, 0.2) is 54.6 Å². The monoisotopic (exact) mass is 258 g/mol. The summed E-state index contributed by atoms with van der Waals surface area (Å²) in [5.41, 5.74) is 2.10. The first-order chi connectivity index (χ1) is 10.5. The van der Waals surface area contributed by atoms with E-state index in [9.17, 15) is 0 Å². The van der Waals surface area contributed by atoms with Gasteiger partial charge in [-0.3, -0.25) is 0 Å². The van der Waals surface area contributed by atoms with E-state index in [1.165, 1.54) is 0 Å². The smallest absolute Gasteiger partial charge is 0.125 e. The Morgan fingerprint density at radius 3 is 2.58 bits per heavy atom. The van der Waals surface area contributed by atoms with Crippen LogP contribution in [0.2, 0.25) is 0 Å². The molecule has 0 radical (unpaired) electrons. The predicted octanol–water partition coefficient (Wildman–Crippen LogP) is 3.72. The van der Waals surface area contributed by atoms with Gasteiger partial charge in [0.05, 0.1) is 0 Å². The molecule has 2 heteroatoms. The molecule has 2 rings (SSSR count). The highest BCUT2D eigenvalue weighted by molar-refractivity contribution is 5.33. The summed E-state index contributed by atoms with van der Waals surface area (Å²) in [4.78, 5) is 0. The van der Waals surface area contributed by atoms with E-state index < -0.39 is 6.98 Å². The van der Waals surface area contributed by atoms with Gasteiger partial charge >= 0.3 is 0 Å². The van der Waals surface area contributed by atoms with Gasteiger partial charge in [-0.25, -0.2) is 0 Å². The summed E-state index contributed by atoms with van der Waals surface area (Å²) in [5, 5.41) is 2.54. The molecule has 100 valence electrons. The largest absolute Gasteiger partial charge is 0.485 e. The lowest BCUT2D eigenvalue weighted by molar-refractivity contribution is 0.193. The molecular weight excluding hydrogens is 234 g/mol. The van der Waals surface area contributed by atoms with Crippen LogP contribution in [0.4, 0.5) is 0 Å². The van der Waals surface area contributed by atoms with Crippen LogP contribution < -0.4 is 10.1 Å². The van der Waals surface area contributed by atoms with Crippen LogP contribution >= 0.6 is 0 Å². The zero-order valence-electron chi connectivity index (χ0n) is 14.1. The lowest BCUT2D eigenvalue weighted by atomic mass is 10.1. The zero-order chi connectivity index (χ0) is 16.0. The number of aryl methyl sites for hydroxylation is 1. The second-order valence-corrected chi connectivity index (χ2v) is 4.50. The fourth-order valence-electron chi connectivity index (χ4n) is 2.01. The van der Waals surface area contributed by atoms with Gasteiger partial charge in [-0.2, -0.15) is 0 Å². The van der Waals surface area contributed by atoms with Crippen LogP contribution in [0.5, 0.6) is 5.75 Å². The highest BCUT2D eigenvalue weighted by atomic mass is 16.5. The van der Waals surface area contributed by atoms with Crippen molar-refractivity contribution in [1.82, 2.24) is 5.32 Å². The van der Waals surface area contributed by atoms with Gasteiger partial charge in [0.15, 0.2) is 0 Å². The second-order valence-electron chi connectivity index (χ2n) is 4.50. The molecule has 0 heterocycles. The van der Waals surface area contributed by atoms with Crippen molar-refractivity contribution in [3.63, 3.8) is 0 Å². The molecule has 0 aliphatic heterocycles. The quantitative estimate of drug-likeness (QED) is 0.852. The Labute approximate surface area is 119 Å². The van der Waals surface area contributed by atoms with Gasteiger partial charge in [0.2, 0.25) is 0 Å². The van der Waals surface area contributed by atoms with Gasteiger partial charge in [-0.1, -0.05) is 48.5 Å². The third kappa shape index (κ3) is 3.83. The number of para-hydroxylation sites is 1. The van der Waals surface area contributed by atoms with Crippen molar-refractivity contribution in [1.29, 1.82) is 0 Å². The number of hydrogen-bond donors (Lipinski definition) is 1. The van der Waals surface area contributed by atoms with E-state index in [4.69, 9.17) is 8.85 Å². The van der Waals surface area contributed by atoms with Gasteiger partial charge in [0.25, 0.3) is 0 Å². The van der Waals surface area contributed by atoms with Gasteiger partial charge < -0.3 is 10.1 Å². The standard InChI is InChI=1S/C17H21NO/c1-14-8-6-7-11-16(14)19-17(12-13-18-2)15-9-4-3-5-10-15/h3-11,17-18H,12-13H2,1-2H3/t17-/m0/s1/i2D3. The van der Waals surface area contributed by atoms with Crippen LogP contribution in [-0.4, -0.2) is 13.5 Å². The molecule has 1 atom stereocenters. The minimum absolute atomic E-state index is 0.183. The van der Waals surface area contributed by atoms with E-state index in [0.29, 0.717) is 13.0 Å². The minimum atomic E-state index is -2.12. The Hall–Kier alpha value is -1.80. The fraction of sp³-hybridized carbons (Fsp3) is 0.294. The Morgan fingerprint density at radius 1 is 1.11 bits per heavy atom. The van der Waals surface area contributed by atoms with Crippen LogP contribution in [0.25, 0.3) is 0 Å². The second kappa shape index (κ2) is 6.95. The number of rotatable bonds is 6. The van der Waals surface area contributed by atoms with Crippen molar-refractivity contribution in [2.24, 2.45) is 0 Å². The van der Waals surface area contributed by atoms with Crippen molar-refractivity contribution < 1.29 is 8.85 Å². The number of benzene rings is 2. The molecule has 2 aromatic rings. The van der Waals surface area contributed by atoms with E-state index in [0.717, 1.165) is 16.9 Å². The maximum atomic E-state index is 7.22. The van der Waals surface area contributed by atoms with Crippen molar-refractivity contribution in [2.45, 2.75) is 19.4 Å². The molecule has 2 nitrogen and oxygen atoms in total. The fourth-order valence-corrected chi connectivity index (χ4v) is 2.01. The summed E-state index contributed by atoms with van der Waals surface area (Å²) in [5.74, 6) is 0.824. The van der Waals surface area contributed by atoms with Gasteiger partial charge in [-0.15, -0.1) is 0 Å². The molecule has 0 amide bonds. The maximum Gasteiger partial charge on any atom is 0.125 e. The first kappa shape index (κ1) is 10.0. The molecule has 0 saturated carbocycles. The molecule has 19 heavy (non-hydrogen) atoms. The first-order valence-electron chi connectivity index (χ1n) is 7.98. The van der Waals surface area contributed by atoms with E-state index in [1.807, 2.05) is 61.5 Å². The molecule has 0 saturated heterocycles. The third-order valence-electron chi connectivity index (χ3n) is 3.07. The van der Waals surface area contributed by atoms with Crippen LogP contribution in [0.3, 0.4) is 0 Å². The van der Waals surface area contributed by atoms with Crippen molar-refractivity contribution in [3.05, 3.63) is 65.7 Å². The van der Waals surface area contributed by atoms with Gasteiger partial charge in [0.1, 0.15) is 11.9 Å². The SMILES string of the molecule is [2H]C([2H])([2H])NCC[C@H](Oc1ccccc1C)c1ccccc1. The number of ether oxygens (including phenoxy) is 1. The van der Waals surface area contributed by atoms with E-state index in [2.05, 4.69) is 5.32 Å². The molecule has 0 aliphatic rings. The highest BCUT2D eigenvalue weighted by Gasteiger charge is 2.13. The zero-order valence-corrected chi connectivity index (χ0v) is 11.1. The summed E-state index contributed by atoms with van der Waals surface area (Å²) < 4.78 is 27.8. The number of nitrogens with one attached hydrogen (secondary N) is 1. The van der Waals surface area contributed by atoms with Crippen molar-refractivity contribution >= 4 is 0 Å². The molecule has 0 aromatic heterocycles. The average molecular weight is 258 g/mol. The lowest BCUT2D eigenvalue weighted by Gasteiger charge is -2.20. The summed E-state index contributed by atoms with van der Waals surface area (Å²) in [7, 11) is 0. The Morgan fingerprint density at radius 2 is 1.84 bits per heavy atom. The van der Waals surface area contributed by atoms with Crippen molar-refractivity contribution in [3.8, 4) is 5.75 Å². The predicted molar refractivity (Wildman–Crippen MR) is 79.5 cm³/mol. The third-order valence-corrected chi connectivity index (χ3v) is 3.07. The summed E-state index contributed by atoms with van der Waals surface area (Å²) in [6.45, 7) is 0.240. The van der Waals surface area contributed by atoms with E-state index in [-0.39, 0.29) is 6.10 Å². The molecule has 1 N–H and O–H groups in total. The van der Waals surface area contributed by atoms with Crippen LogP contribution in [0.1, 0.15) is 27.8 Å². The summed E-state index contributed by atoms with van der Waals surface area (Å²) >= 11 is 0. The van der Waals surface area contributed by atoms with Crippen molar-refractivity contribution in [2.75, 3.05) is 13.5 Å². The Kier molecular flexibility index (Phi) is 3.68. The summed E-state index contributed by atoms with van der Waals surface area (Å²) in [6, 6.07) is 17.7. The lowest BCUT2D eigenvalue weighted by Crippen LogP contribution is -2.16. The Bertz CT molecular complexity index is 584. The topological polar surface area (TPSA) is 21.3 Å². The minimum Gasteiger partial charge on any atom is -0.485 e. The normalized spacial score (nSPS) is 15.1. The molecule has 0 spiro atoms. The van der Waals surface area contributed by atoms with Gasteiger partial charge in [0, 0.05) is 10.5 Å². The molecule has 0 aliphatic carbocycles. The van der Waals surface area contributed by atoms with Gasteiger partial charge in [-0.05, 0) is 37.6 Å². The van der Waals surface area contributed by atoms with Crippen LogP contribution in [0, 0.1) is 6.92 Å². The Balaban J connectivity index is 2.10. The van der Waals surface area contributed by atoms with E-state index in [1.54, 1.807) is 0 Å².